The van der Waals surface area contributed by atoms with E-state index in [-0.39, 0.29) is 5.15 Å². The fourth-order valence-electron chi connectivity index (χ4n) is 1.11. The Balaban J connectivity index is 2.32. The summed E-state index contributed by atoms with van der Waals surface area (Å²) < 4.78 is 1.64. The molecule has 1 rings (SSSR count). The van der Waals surface area contributed by atoms with E-state index >= 15 is 0 Å². The molecular weight excluding hydrogens is 209 g/mol. The number of rotatable bonds is 5. The lowest BCUT2D eigenvalue weighted by atomic mass is 10.2. The van der Waals surface area contributed by atoms with Crippen LogP contribution >= 0.6 is 23.2 Å². The van der Waals surface area contributed by atoms with E-state index < -0.39 is 0 Å². The van der Waals surface area contributed by atoms with Crippen LogP contribution < -0.4 is 0 Å². The summed E-state index contributed by atoms with van der Waals surface area (Å²) in [7, 11) is 0. The molecule has 3 nitrogen and oxygen atoms in total. The molecule has 0 aliphatic rings. The van der Waals surface area contributed by atoms with Gasteiger partial charge < -0.3 is 0 Å². The van der Waals surface area contributed by atoms with E-state index in [1.165, 1.54) is 19.3 Å². The van der Waals surface area contributed by atoms with Gasteiger partial charge in [0.2, 0.25) is 0 Å². The first-order chi connectivity index (χ1) is 6.25. The first-order valence-corrected chi connectivity index (χ1v) is 5.25. The van der Waals surface area contributed by atoms with Crippen LogP contribution in [-0.2, 0) is 6.54 Å². The van der Waals surface area contributed by atoms with Crippen molar-refractivity contribution in [1.82, 2.24) is 15.0 Å². The highest BCUT2D eigenvalue weighted by Gasteiger charge is 2.06. The lowest BCUT2D eigenvalue weighted by molar-refractivity contribution is 0.528. The molecule has 74 valence electrons. The topological polar surface area (TPSA) is 30.7 Å². The molecule has 13 heavy (non-hydrogen) atoms. The van der Waals surface area contributed by atoms with Gasteiger partial charge >= 0.3 is 0 Å². The average molecular weight is 222 g/mol. The largest absolute Gasteiger partial charge is 0.232 e. The van der Waals surface area contributed by atoms with E-state index in [1.807, 2.05) is 0 Å². The Labute approximate surface area is 88.0 Å². The Kier molecular flexibility index (Phi) is 4.53. The summed E-state index contributed by atoms with van der Waals surface area (Å²) >= 11 is 11.5. The molecule has 0 bridgehead atoms. The number of nitrogens with zero attached hydrogens (tertiary/aromatic N) is 3. The first kappa shape index (κ1) is 10.8. The van der Waals surface area contributed by atoms with Crippen LogP contribution in [0.1, 0.15) is 32.6 Å². The van der Waals surface area contributed by atoms with Crippen LogP contribution in [0.15, 0.2) is 0 Å². The van der Waals surface area contributed by atoms with Crippen molar-refractivity contribution in [3.63, 3.8) is 0 Å². The molecule has 0 amide bonds. The molecule has 5 heteroatoms. The Bertz CT molecular complexity index is 260. The van der Waals surface area contributed by atoms with Gasteiger partial charge in [0.25, 0.3) is 0 Å². The van der Waals surface area contributed by atoms with Gasteiger partial charge in [-0.2, -0.15) is 0 Å². The van der Waals surface area contributed by atoms with Gasteiger partial charge in [0.05, 0.1) is 0 Å². The van der Waals surface area contributed by atoms with Gasteiger partial charge in [-0.1, -0.05) is 54.6 Å². The zero-order chi connectivity index (χ0) is 9.68. The number of hydrogen-bond acceptors (Lipinski definition) is 2. The number of aromatic nitrogens is 3. The predicted octanol–water partition coefficient (Wildman–Crippen LogP) is 3.17. The number of halogens is 2. The molecule has 0 aliphatic heterocycles. The maximum Gasteiger partial charge on any atom is 0.190 e. The minimum Gasteiger partial charge on any atom is -0.232 e. The van der Waals surface area contributed by atoms with Crippen LogP contribution in [0, 0.1) is 0 Å². The van der Waals surface area contributed by atoms with Crippen LogP contribution in [0.4, 0.5) is 0 Å². The average Bonchev–Trinajstić information content (AvgIpc) is 2.43. The van der Waals surface area contributed by atoms with Crippen molar-refractivity contribution in [3.8, 4) is 0 Å². The molecule has 0 spiro atoms. The van der Waals surface area contributed by atoms with Crippen molar-refractivity contribution in [3.05, 3.63) is 10.3 Å². The second-order valence-electron chi connectivity index (χ2n) is 2.95. The molecule has 0 saturated heterocycles. The normalized spacial score (nSPS) is 10.7. The van der Waals surface area contributed by atoms with E-state index in [9.17, 15) is 0 Å². The summed E-state index contributed by atoms with van der Waals surface area (Å²) in [5.74, 6) is 0. The molecule has 0 aromatic carbocycles. The van der Waals surface area contributed by atoms with Gasteiger partial charge in [0.15, 0.2) is 10.3 Å². The smallest absolute Gasteiger partial charge is 0.190 e. The van der Waals surface area contributed by atoms with Gasteiger partial charge in [0.1, 0.15) is 0 Å². The monoisotopic (exact) mass is 221 g/mol. The zero-order valence-corrected chi connectivity index (χ0v) is 9.14. The van der Waals surface area contributed by atoms with E-state index in [2.05, 4.69) is 17.2 Å². The third kappa shape index (κ3) is 3.16. The van der Waals surface area contributed by atoms with Crippen molar-refractivity contribution in [2.45, 2.75) is 39.2 Å². The molecule has 0 unspecified atom stereocenters. The molecule has 0 saturated carbocycles. The fourth-order valence-corrected chi connectivity index (χ4v) is 1.40. The molecule has 0 N–H and O–H groups in total. The number of unbranched alkanes of at least 4 members (excludes halogenated alkanes) is 3. The second-order valence-corrected chi connectivity index (χ2v) is 3.67. The maximum absolute atomic E-state index is 5.83. The molecule has 0 fully saturated rings. The van der Waals surface area contributed by atoms with Crippen LogP contribution in [0.25, 0.3) is 0 Å². The van der Waals surface area contributed by atoms with Gasteiger partial charge in [-0.3, -0.25) is 0 Å². The van der Waals surface area contributed by atoms with Crippen molar-refractivity contribution < 1.29 is 0 Å². The summed E-state index contributed by atoms with van der Waals surface area (Å²) in [5, 5.41) is 8.21. The first-order valence-electron chi connectivity index (χ1n) is 4.50. The molecular formula is C8H13Cl2N3. The summed E-state index contributed by atoms with van der Waals surface area (Å²) in [6.45, 7) is 2.98. The third-order valence-corrected chi connectivity index (χ3v) is 2.59. The Morgan fingerprint density at radius 2 is 2.00 bits per heavy atom. The van der Waals surface area contributed by atoms with Crippen molar-refractivity contribution in [2.75, 3.05) is 0 Å². The molecule has 1 heterocycles. The number of aryl methyl sites for hydroxylation is 1. The lowest BCUT2D eigenvalue weighted by Crippen LogP contribution is -2.00. The Morgan fingerprint density at radius 3 is 2.54 bits per heavy atom. The Morgan fingerprint density at radius 1 is 1.23 bits per heavy atom. The molecule has 1 aromatic rings. The van der Waals surface area contributed by atoms with Gasteiger partial charge in [-0.25, -0.2) is 4.68 Å². The highest BCUT2D eigenvalue weighted by molar-refractivity contribution is 6.40. The fraction of sp³-hybridized carbons (Fsp3) is 0.750. The minimum atomic E-state index is 0.289. The van der Waals surface area contributed by atoms with E-state index in [0.29, 0.717) is 5.15 Å². The van der Waals surface area contributed by atoms with E-state index in [1.54, 1.807) is 4.68 Å². The second kappa shape index (κ2) is 5.45. The lowest BCUT2D eigenvalue weighted by Gasteiger charge is -2.00. The predicted molar refractivity (Wildman–Crippen MR) is 54.2 cm³/mol. The number of hydrogen-bond donors (Lipinski definition) is 0. The van der Waals surface area contributed by atoms with Crippen LogP contribution in [0.3, 0.4) is 0 Å². The molecule has 1 aromatic heterocycles. The van der Waals surface area contributed by atoms with Crippen molar-refractivity contribution in [2.24, 2.45) is 0 Å². The maximum atomic E-state index is 5.83. The SMILES string of the molecule is CCCCCCn1nnc(Cl)c1Cl. The van der Waals surface area contributed by atoms with Gasteiger partial charge in [-0.05, 0) is 6.42 Å². The van der Waals surface area contributed by atoms with Gasteiger partial charge in [-0.15, -0.1) is 5.10 Å². The van der Waals surface area contributed by atoms with E-state index in [0.717, 1.165) is 13.0 Å². The quantitative estimate of drug-likeness (QED) is 0.716. The van der Waals surface area contributed by atoms with Crippen molar-refractivity contribution in [1.29, 1.82) is 0 Å². The zero-order valence-electron chi connectivity index (χ0n) is 7.63. The highest BCUT2D eigenvalue weighted by atomic mass is 35.5. The third-order valence-electron chi connectivity index (χ3n) is 1.86. The highest BCUT2D eigenvalue weighted by Crippen LogP contribution is 2.18. The van der Waals surface area contributed by atoms with E-state index in [4.69, 9.17) is 23.2 Å². The molecule has 0 radical (unpaired) electrons. The van der Waals surface area contributed by atoms with Crippen LogP contribution in [0.2, 0.25) is 10.3 Å². The summed E-state index contributed by atoms with van der Waals surface area (Å²) in [4.78, 5) is 0. The Hall–Kier alpha value is -0.280. The van der Waals surface area contributed by atoms with Crippen LogP contribution in [-0.4, -0.2) is 15.0 Å². The van der Waals surface area contributed by atoms with Crippen LogP contribution in [0.5, 0.6) is 0 Å². The van der Waals surface area contributed by atoms with Gasteiger partial charge in [0, 0.05) is 6.54 Å². The summed E-state index contributed by atoms with van der Waals surface area (Å²) in [5.41, 5.74) is 0. The standard InChI is InChI=1S/C8H13Cl2N3/c1-2-3-4-5-6-13-8(10)7(9)11-12-13/h2-6H2,1H3. The molecule has 0 atom stereocenters. The summed E-state index contributed by atoms with van der Waals surface area (Å²) in [6.07, 6.45) is 4.75. The summed E-state index contributed by atoms with van der Waals surface area (Å²) in [6, 6.07) is 0. The molecule has 0 aliphatic carbocycles. The minimum absolute atomic E-state index is 0.289. The van der Waals surface area contributed by atoms with Crippen molar-refractivity contribution >= 4 is 23.2 Å².